The maximum Gasteiger partial charge on any atom is 0.242 e. The summed E-state index contributed by atoms with van der Waals surface area (Å²) in [4.78, 5) is 11.9. The van der Waals surface area contributed by atoms with Gasteiger partial charge in [-0.1, -0.05) is 52.0 Å². The summed E-state index contributed by atoms with van der Waals surface area (Å²) in [5.41, 5.74) is 7.02. The molecule has 0 heterocycles. The van der Waals surface area contributed by atoms with E-state index < -0.39 is 5.54 Å². The number of hydrogen-bond donors (Lipinski definition) is 2. The first-order valence-corrected chi connectivity index (χ1v) is 7.40. The molecule has 20 heavy (non-hydrogen) atoms. The van der Waals surface area contributed by atoms with Gasteiger partial charge in [0.1, 0.15) is 5.54 Å². The minimum Gasteiger partial charge on any atom is -0.368 e. The summed E-state index contributed by atoms with van der Waals surface area (Å²) in [5.74, 6) is 0.756. The van der Waals surface area contributed by atoms with E-state index >= 15 is 0 Å². The molecule has 1 aromatic rings. The van der Waals surface area contributed by atoms with Crippen LogP contribution in [-0.4, -0.2) is 12.5 Å². The number of benzene rings is 1. The second kappa shape index (κ2) is 6.89. The molecule has 1 aromatic carbocycles. The second-order valence-corrected chi connectivity index (χ2v) is 6.56. The summed E-state index contributed by atoms with van der Waals surface area (Å²) < 4.78 is 0. The Balaban J connectivity index is 2.94. The SMILES string of the molecule is CC(C)CNC(C)(C(N)=O)c1ccc(CC(C)C)cc1. The van der Waals surface area contributed by atoms with Gasteiger partial charge in [-0.25, -0.2) is 0 Å². The van der Waals surface area contributed by atoms with Crippen LogP contribution < -0.4 is 11.1 Å². The number of amides is 1. The molecule has 0 spiro atoms. The van der Waals surface area contributed by atoms with Crippen LogP contribution in [0.4, 0.5) is 0 Å². The molecule has 112 valence electrons. The zero-order valence-corrected chi connectivity index (χ0v) is 13.4. The molecule has 0 aliphatic carbocycles. The molecule has 1 unspecified atom stereocenters. The van der Waals surface area contributed by atoms with Crippen LogP contribution in [0.3, 0.4) is 0 Å². The zero-order chi connectivity index (χ0) is 15.3. The maximum atomic E-state index is 11.9. The van der Waals surface area contributed by atoms with Gasteiger partial charge in [-0.2, -0.15) is 0 Å². The third-order valence-electron chi connectivity index (χ3n) is 3.53. The molecule has 0 radical (unpaired) electrons. The lowest BCUT2D eigenvalue weighted by Crippen LogP contribution is -2.51. The highest BCUT2D eigenvalue weighted by atomic mass is 16.1. The third-order valence-corrected chi connectivity index (χ3v) is 3.53. The van der Waals surface area contributed by atoms with Crippen molar-refractivity contribution in [3.05, 3.63) is 35.4 Å². The Morgan fingerprint density at radius 3 is 2.10 bits per heavy atom. The van der Waals surface area contributed by atoms with E-state index in [9.17, 15) is 4.79 Å². The maximum absolute atomic E-state index is 11.9. The van der Waals surface area contributed by atoms with Crippen LogP contribution in [0.2, 0.25) is 0 Å². The Hall–Kier alpha value is -1.35. The molecule has 0 fully saturated rings. The number of nitrogens with one attached hydrogen (secondary N) is 1. The monoisotopic (exact) mass is 276 g/mol. The fourth-order valence-corrected chi connectivity index (χ4v) is 2.19. The first-order chi connectivity index (χ1) is 9.25. The standard InChI is InChI=1S/C17H28N2O/c1-12(2)10-14-6-8-15(9-7-14)17(5,16(18)20)19-11-13(3)4/h6-9,12-13,19H,10-11H2,1-5H3,(H2,18,20). The van der Waals surface area contributed by atoms with Crippen LogP contribution in [0.1, 0.15) is 45.7 Å². The predicted octanol–water partition coefficient (Wildman–Crippen LogP) is 2.83. The van der Waals surface area contributed by atoms with E-state index in [1.165, 1.54) is 5.56 Å². The van der Waals surface area contributed by atoms with E-state index in [-0.39, 0.29) is 5.91 Å². The molecular weight excluding hydrogens is 248 g/mol. The van der Waals surface area contributed by atoms with Crippen LogP contribution in [0.25, 0.3) is 0 Å². The smallest absolute Gasteiger partial charge is 0.242 e. The Kier molecular flexibility index (Phi) is 5.75. The molecule has 1 amide bonds. The van der Waals surface area contributed by atoms with Crippen molar-refractivity contribution in [2.75, 3.05) is 6.54 Å². The van der Waals surface area contributed by atoms with Crippen molar-refractivity contribution in [3.63, 3.8) is 0 Å². The quantitative estimate of drug-likeness (QED) is 0.804. The topological polar surface area (TPSA) is 55.1 Å². The molecule has 0 saturated carbocycles. The van der Waals surface area contributed by atoms with E-state index in [1.807, 2.05) is 19.1 Å². The Labute approximate surface area is 122 Å². The van der Waals surface area contributed by atoms with Crippen molar-refractivity contribution < 1.29 is 4.79 Å². The number of nitrogens with two attached hydrogens (primary N) is 1. The zero-order valence-electron chi connectivity index (χ0n) is 13.4. The summed E-state index contributed by atoms with van der Waals surface area (Å²) in [6.45, 7) is 11.2. The second-order valence-electron chi connectivity index (χ2n) is 6.56. The summed E-state index contributed by atoms with van der Waals surface area (Å²) in [6.07, 6.45) is 1.05. The first-order valence-electron chi connectivity index (χ1n) is 7.40. The van der Waals surface area contributed by atoms with Crippen molar-refractivity contribution in [1.29, 1.82) is 0 Å². The van der Waals surface area contributed by atoms with Crippen molar-refractivity contribution in [2.45, 2.75) is 46.6 Å². The van der Waals surface area contributed by atoms with Gasteiger partial charge in [-0.05, 0) is 42.9 Å². The number of primary amides is 1. The number of rotatable bonds is 7. The molecule has 1 atom stereocenters. The fourth-order valence-electron chi connectivity index (χ4n) is 2.19. The molecule has 0 bridgehead atoms. The van der Waals surface area contributed by atoms with Crippen molar-refractivity contribution in [3.8, 4) is 0 Å². The lowest BCUT2D eigenvalue weighted by molar-refractivity contribution is -0.124. The molecule has 0 aliphatic heterocycles. The van der Waals surface area contributed by atoms with Crippen LogP contribution in [0, 0.1) is 11.8 Å². The largest absolute Gasteiger partial charge is 0.368 e. The van der Waals surface area contributed by atoms with Gasteiger partial charge in [0.05, 0.1) is 0 Å². The van der Waals surface area contributed by atoms with E-state index in [1.54, 1.807) is 0 Å². The number of carbonyl (C=O) groups excluding carboxylic acids is 1. The third kappa shape index (κ3) is 4.34. The van der Waals surface area contributed by atoms with Gasteiger partial charge in [0.25, 0.3) is 0 Å². The van der Waals surface area contributed by atoms with Gasteiger partial charge in [-0.3, -0.25) is 10.1 Å². The van der Waals surface area contributed by atoms with Gasteiger partial charge in [0.15, 0.2) is 0 Å². The van der Waals surface area contributed by atoms with E-state index in [2.05, 4.69) is 45.1 Å². The van der Waals surface area contributed by atoms with Gasteiger partial charge >= 0.3 is 0 Å². The Morgan fingerprint density at radius 2 is 1.70 bits per heavy atom. The molecular formula is C17H28N2O. The highest BCUT2D eigenvalue weighted by Crippen LogP contribution is 2.22. The molecule has 0 saturated heterocycles. The lowest BCUT2D eigenvalue weighted by atomic mass is 9.89. The highest BCUT2D eigenvalue weighted by molar-refractivity contribution is 5.85. The fraction of sp³-hybridized carbons (Fsp3) is 0.588. The van der Waals surface area contributed by atoms with Crippen LogP contribution in [-0.2, 0) is 16.8 Å². The molecule has 0 aliphatic rings. The van der Waals surface area contributed by atoms with E-state index in [0.717, 1.165) is 18.5 Å². The summed E-state index contributed by atoms with van der Waals surface area (Å²) >= 11 is 0. The highest BCUT2D eigenvalue weighted by Gasteiger charge is 2.32. The minimum absolute atomic E-state index is 0.338. The van der Waals surface area contributed by atoms with Gasteiger partial charge in [0.2, 0.25) is 5.91 Å². The molecule has 0 aromatic heterocycles. The Bertz CT molecular complexity index is 437. The van der Waals surface area contributed by atoms with Gasteiger partial charge in [0, 0.05) is 0 Å². The number of carbonyl (C=O) groups is 1. The first kappa shape index (κ1) is 16.7. The summed E-state index contributed by atoms with van der Waals surface area (Å²) in [5, 5.41) is 3.30. The number of hydrogen-bond acceptors (Lipinski definition) is 2. The molecule has 1 rings (SSSR count). The van der Waals surface area contributed by atoms with E-state index in [0.29, 0.717) is 11.8 Å². The van der Waals surface area contributed by atoms with Crippen LogP contribution in [0.5, 0.6) is 0 Å². The lowest BCUT2D eigenvalue weighted by Gasteiger charge is -2.29. The summed E-state index contributed by atoms with van der Waals surface area (Å²) in [7, 11) is 0. The van der Waals surface area contributed by atoms with Gasteiger partial charge in [-0.15, -0.1) is 0 Å². The molecule has 3 N–H and O–H groups in total. The Morgan fingerprint density at radius 1 is 1.15 bits per heavy atom. The molecule has 3 nitrogen and oxygen atoms in total. The normalized spacial score (nSPS) is 14.6. The minimum atomic E-state index is -0.805. The molecule has 3 heteroatoms. The van der Waals surface area contributed by atoms with Crippen molar-refractivity contribution in [1.82, 2.24) is 5.32 Å². The predicted molar refractivity (Wildman–Crippen MR) is 84.4 cm³/mol. The van der Waals surface area contributed by atoms with Gasteiger partial charge < -0.3 is 5.73 Å². The van der Waals surface area contributed by atoms with Crippen LogP contribution >= 0.6 is 0 Å². The average Bonchev–Trinajstić information content (AvgIpc) is 2.35. The van der Waals surface area contributed by atoms with Crippen molar-refractivity contribution in [2.24, 2.45) is 17.6 Å². The summed E-state index contributed by atoms with van der Waals surface area (Å²) in [6, 6.07) is 8.20. The average molecular weight is 276 g/mol. The van der Waals surface area contributed by atoms with Crippen molar-refractivity contribution >= 4 is 5.91 Å². The van der Waals surface area contributed by atoms with Crippen LogP contribution in [0.15, 0.2) is 24.3 Å². The van der Waals surface area contributed by atoms with E-state index in [4.69, 9.17) is 5.73 Å².